The zero-order valence-corrected chi connectivity index (χ0v) is 9.32. The van der Waals surface area contributed by atoms with E-state index in [1.54, 1.807) is 0 Å². The van der Waals surface area contributed by atoms with Gasteiger partial charge in [-0.05, 0) is 29.9 Å². The van der Waals surface area contributed by atoms with E-state index >= 15 is 0 Å². The minimum atomic E-state index is 0.225. The average molecular weight is 212 g/mol. The summed E-state index contributed by atoms with van der Waals surface area (Å²) in [5.41, 5.74) is 7.59. The van der Waals surface area contributed by atoms with Gasteiger partial charge in [0.1, 0.15) is 0 Å². The molecule has 1 fully saturated rings. The first-order valence-corrected chi connectivity index (χ1v) is 5.89. The van der Waals surface area contributed by atoms with Crippen LogP contribution in [0.2, 0.25) is 0 Å². The van der Waals surface area contributed by atoms with Crippen LogP contribution in [0.15, 0.2) is 36.7 Å². The zero-order valence-electron chi connectivity index (χ0n) is 9.32. The number of rotatable bonds is 2. The van der Waals surface area contributed by atoms with E-state index in [1.807, 2.05) is 12.4 Å². The normalized spacial score (nSPS) is 18.3. The summed E-state index contributed by atoms with van der Waals surface area (Å²) in [5, 5.41) is 2.54. The molecule has 3 rings (SSSR count). The van der Waals surface area contributed by atoms with Gasteiger partial charge < -0.3 is 5.73 Å². The molecular weight excluding hydrogens is 196 g/mol. The summed E-state index contributed by atoms with van der Waals surface area (Å²) in [5.74, 6) is 0. The molecule has 82 valence electrons. The van der Waals surface area contributed by atoms with Gasteiger partial charge in [0.05, 0.1) is 0 Å². The average Bonchev–Trinajstić information content (AvgIpc) is 2.29. The van der Waals surface area contributed by atoms with Gasteiger partial charge in [-0.25, -0.2) is 0 Å². The van der Waals surface area contributed by atoms with E-state index < -0.39 is 0 Å². The second-order valence-corrected chi connectivity index (χ2v) is 4.74. The molecule has 2 heteroatoms. The summed E-state index contributed by atoms with van der Waals surface area (Å²) >= 11 is 0. The summed E-state index contributed by atoms with van der Waals surface area (Å²) in [6.07, 6.45) is 7.56. The Labute approximate surface area is 95.5 Å². The van der Waals surface area contributed by atoms with E-state index in [9.17, 15) is 0 Å². The Hall–Kier alpha value is -1.41. The number of pyridine rings is 1. The van der Waals surface area contributed by atoms with Crippen LogP contribution in [0, 0.1) is 0 Å². The van der Waals surface area contributed by atoms with Crippen LogP contribution in [0.5, 0.6) is 0 Å². The van der Waals surface area contributed by atoms with E-state index in [1.165, 1.54) is 35.6 Å². The summed E-state index contributed by atoms with van der Waals surface area (Å²) < 4.78 is 0. The lowest BCUT2D eigenvalue weighted by molar-refractivity contribution is 0.255. The van der Waals surface area contributed by atoms with Crippen molar-refractivity contribution in [3.63, 3.8) is 0 Å². The maximum atomic E-state index is 5.97. The van der Waals surface area contributed by atoms with Crippen LogP contribution in [0.25, 0.3) is 10.8 Å². The fourth-order valence-electron chi connectivity index (χ4n) is 2.76. The van der Waals surface area contributed by atoms with Gasteiger partial charge in [-0.1, -0.05) is 24.6 Å². The third kappa shape index (κ3) is 1.26. The Kier molecular flexibility index (Phi) is 2.18. The van der Waals surface area contributed by atoms with Crippen LogP contribution < -0.4 is 5.73 Å². The van der Waals surface area contributed by atoms with Crippen molar-refractivity contribution in [2.24, 2.45) is 5.73 Å². The molecule has 1 aromatic heterocycles. The van der Waals surface area contributed by atoms with E-state index in [4.69, 9.17) is 5.73 Å². The lowest BCUT2D eigenvalue weighted by Crippen LogP contribution is -2.41. The van der Waals surface area contributed by atoms with Crippen LogP contribution in [-0.2, 0) is 5.41 Å². The Morgan fingerprint density at radius 1 is 1.25 bits per heavy atom. The fraction of sp³-hybridized carbons (Fsp3) is 0.357. The number of aromatic nitrogens is 1. The van der Waals surface area contributed by atoms with Gasteiger partial charge in [-0.3, -0.25) is 4.98 Å². The minimum Gasteiger partial charge on any atom is -0.330 e. The van der Waals surface area contributed by atoms with E-state index in [0.717, 1.165) is 6.54 Å². The Morgan fingerprint density at radius 3 is 2.81 bits per heavy atom. The van der Waals surface area contributed by atoms with Gasteiger partial charge in [0.25, 0.3) is 0 Å². The molecule has 0 atom stereocenters. The van der Waals surface area contributed by atoms with Crippen molar-refractivity contribution in [1.29, 1.82) is 0 Å². The molecule has 1 aromatic carbocycles. The number of hydrogen-bond acceptors (Lipinski definition) is 2. The summed E-state index contributed by atoms with van der Waals surface area (Å²) in [4.78, 5) is 4.24. The molecule has 0 bridgehead atoms. The Balaban J connectivity index is 2.23. The molecule has 2 nitrogen and oxygen atoms in total. The topological polar surface area (TPSA) is 38.9 Å². The molecule has 0 spiro atoms. The fourth-order valence-corrected chi connectivity index (χ4v) is 2.76. The van der Waals surface area contributed by atoms with Gasteiger partial charge >= 0.3 is 0 Å². The van der Waals surface area contributed by atoms with E-state index in [2.05, 4.69) is 29.2 Å². The van der Waals surface area contributed by atoms with Crippen molar-refractivity contribution in [1.82, 2.24) is 4.98 Å². The molecule has 0 radical (unpaired) electrons. The Bertz CT molecular complexity index is 504. The van der Waals surface area contributed by atoms with E-state index in [0.29, 0.717) is 0 Å². The van der Waals surface area contributed by atoms with Gasteiger partial charge in [0.15, 0.2) is 0 Å². The highest BCUT2D eigenvalue weighted by Crippen LogP contribution is 2.45. The molecular formula is C14H16N2. The summed E-state index contributed by atoms with van der Waals surface area (Å²) in [6.45, 7) is 0.751. The third-order valence-electron chi connectivity index (χ3n) is 3.96. The molecule has 0 saturated heterocycles. The number of hydrogen-bond donors (Lipinski definition) is 1. The maximum absolute atomic E-state index is 5.97. The standard InChI is InChI=1S/C14H16N2/c15-10-14(6-2-7-14)13-4-1-3-11-5-8-16-9-12(11)13/h1,3-5,8-9H,2,6-7,10,15H2. The largest absolute Gasteiger partial charge is 0.330 e. The molecule has 0 unspecified atom stereocenters. The first kappa shape index (κ1) is 9.79. The highest BCUT2D eigenvalue weighted by molar-refractivity contribution is 5.85. The molecule has 1 aliphatic carbocycles. The first-order valence-electron chi connectivity index (χ1n) is 5.89. The molecule has 2 aromatic rings. The van der Waals surface area contributed by atoms with E-state index in [-0.39, 0.29) is 5.41 Å². The van der Waals surface area contributed by atoms with Crippen molar-refractivity contribution in [3.05, 3.63) is 42.2 Å². The molecule has 1 aliphatic rings. The Morgan fingerprint density at radius 2 is 2.12 bits per heavy atom. The highest BCUT2D eigenvalue weighted by Gasteiger charge is 2.38. The number of nitrogens with two attached hydrogens (primary N) is 1. The van der Waals surface area contributed by atoms with Crippen molar-refractivity contribution in [2.45, 2.75) is 24.7 Å². The second-order valence-electron chi connectivity index (χ2n) is 4.74. The van der Waals surface area contributed by atoms with Crippen LogP contribution in [0.1, 0.15) is 24.8 Å². The predicted molar refractivity (Wildman–Crippen MR) is 66.3 cm³/mol. The van der Waals surface area contributed by atoms with Gasteiger partial charge in [-0.2, -0.15) is 0 Å². The first-order chi connectivity index (χ1) is 7.86. The van der Waals surface area contributed by atoms with Crippen LogP contribution in [0.4, 0.5) is 0 Å². The molecule has 0 amide bonds. The number of fused-ring (bicyclic) bond motifs is 1. The molecule has 2 N–H and O–H groups in total. The predicted octanol–water partition coefficient (Wildman–Crippen LogP) is 2.62. The van der Waals surface area contributed by atoms with Crippen LogP contribution >= 0.6 is 0 Å². The zero-order chi connectivity index (χ0) is 11.0. The SMILES string of the molecule is NCC1(c2cccc3ccncc23)CCC1. The van der Waals surface area contributed by atoms with Crippen LogP contribution in [-0.4, -0.2) is 11.5 Å². The van der Waals surface area contributed by atoms with Crippen molar-refractivity contribution in [2.75, 3.05) is 6.54 Å². The van der Waals surface area contributed by atoms with Crippen molar-refractivity contribution < 1.29 is 0 Å². The summed E-state index contributed by atoms with van der Waals surface area (Å²) in [6, 6.07) is 8.56. The molecule has 1 heterocycles. The van der Waals surface area contributed by atoms with Gasteiger partial charge in [0.2, 0.25) is 0 Å². The monoisotopic (exact) mass is 212 g/mol. The van der Waals surface area contributed by atoms with Crippen molar-refractivity contribution in [3.8, 4) is 0 Å². The summed E-state index contributed by atoms with van der Waals surface area (Å²) in [7, 11) is 0. The molecule has 16 heavy (non-hydrogen) atoms. The third-order valence-corrected chi connectivity index (χ3v) is 3.96. The van der Waals surface area contributed by atoms with Gasteiger partial charge in [-0.15, -0.1) is 0 Å². The van der Waals surface area contributed by atoms with Crippen molar-refractivity contribution >= 4 is 10.8 Å². The van der Waals surface area contributed by atoms with Crippen LogP contribution in [0.3, 0.4) is 0 Å². The highest BCUT2D eigenvalue weighted by atomic mass is 14.6. The number of nitrogens with zero attached hydrogens (tertiary/aromatic N) is 1. The smallest absolute Gasteiger partial charge is 0.0349 e. The lowest BCUT2D eigenvalue weighted by Gasteiger charge is -2.42. The lowest BCUT2D eigenvalue weighted by atomic mass is 9.63. The molecule has 0 aliphatic heterocycles. The maximum Gasteiger partial charge on any atom is 0.0349 e. The molecule has 1 saturated carbocycles. The second kappa shape index (κ2) is 3.56. The quantitative estimate of drug-likeness (QED) is 0.831. The number of benzene rings is 1. The minimum absolute atomic E-state index is 0.225. The van der Waals surface area contributed by atoms with Gasteiger partial charge in [0, 0.05) is 29.7 Å².